The average Bonchev–Trinajstić information content (AvgIpc) is 2.94. The fourth-order valence-corrected chi connectivity index (χ4v) is 4.45. The van der Waals surface area contributed by atoms with E-state index in [-0.39, 0.29) is 0 Å². The molecule has 22 heavy (non-hydrogen) atoms. The van der Waals surface area contributed by atoms with Gasteiger partial charge in [0.2, 0.25) is 0 Å². The summed E-state index contributed by atoms with van der Waals surface area (Å²) in [7, 11) is 0. The molecule has 4 rings (SSSR count). The molecule has 0 bridgehead atoms. The van der Waals surface area contributed by atoms with Crippen LogP contribution in [0.3, 0.4) is 0 Å². The molecule has 2 aliphatic carbocycles. The summed E-state index contributed by atoms with van der Waals surface area (Å²) in [6.07, 6.45) is 8.06. The Morgan fingerprint density at radius 3 is 2.55 bits per heavy atom. The van der Waals surface area contributed by atoms with Gasteiger partial charge in [0.1, 0.15) is 5.82 Å². The third-order valence-electron chi connectivity index (χ3n) is 5.50. The van der Waals surface area contributed by atoms with Crippen molar-refractivity contribution in [1.29, 1.82) is 0 Å². The highest BCUT2D eigenvalue weighted by Crippen LogP contribution is 2.55. The molecule has 3 heteroatoms. The lowest BCUT2D eigenvalue weighted by Gasteiger charge is -2.50. The van der Waals surface area contributed by atoms with Gasteiger partial charge in [-0.2, -0.15) is 0 Å². The van der Waals surface area contributed by atoms with Crippen LogP contribution in [0.2, 0.25) is 0 Å². The second-order valence-electron chi connectivity index (χ2n) is 6.74. The highest BCUT2D eigenvalue weighted by Gasteiger charge is 2.52. The minimum atomic E-state index is 0.608. The minimum absolute atomic E-state index is 0.608. The van der Waals surface area contributed by atoms with Gasteiger partial charge < -0.3 is 5.32 Å². The van der Waals surface area contributed by atoms with Crippen molar-refractivity contribution in [2.24, 2.45) is 11.8 Å². The van der Waals surface area contributed by atoms with E-state index in [1.165, 1.54) is 30.4 Å². The van der Waals surface area contributed by atoms with Crippen LogP contribution in [-0.4, -0.2) is 16.0 Å². The Hall–Kier alpha value is -1.74. The molecule has 2 fully saturated rings. The van der Waals surface area contributed by atoms with Crippen LogP contribution in [0, 0.1) is 18.8 Å². The maximum atomic E-state index is 4.29. The van der Waals surface area contributed by atoms with E-state index < -0.39 is 0 Å². The molecule has 1 N–H and O–H groups in total. The molecule has 4 atom stereocenters. The van der Waals surface area contributed by atoms with Crippen molar-refractivity contribution in [3.8, 4) is 0 Å². The molecular weight excluding hydrogens is 270 g/mol. The van der Waals surface area contributed by atoms with Gasteiger partial charge in [-0.05, 0) is 37.2 Å². The SMILES string of the molecule is Cc1ncc(CN[C@@H]2[C@@H]3CCC[C@@H]3[C@H]2c2ccccc2)cn1. The Labute approximate surface area is 132 Å². The molecule has 3 nitrogen and oxygen atoms in total. The number of benzene rings is 1. The van der Waals surface area contributed by atoms with Crippen molar-refractivity contribution < 1.29 is 0 Å². The third kappa shape index (κ3) is 2.44. The average molecular weight is 293 g/mol. The van der Waals surface area contributed by atoms with E-state index in [1.807, 2.05) is 19.3 Å². The number of hydrogen-bond donors (Lipinski definition) is 1. The van der Waals surface area contributed by atoms with Crippen LogP contribution in [0.25, 0.3) is 0 Å². The molecule has 0 spiro atoms. The number of hydrogen-bond acceptors (Lipinski definition) is 3. The monoisotopic (exact) mass is 293 g/mol. The third-order valence-corrected chi connectivity index (χ3v) is 5.50. The van der Waals surface area contributed by atoms with Crippen molar-refractivity contribution in [2.45, 2.75) is 44.7 Å². The summed E-state index contributed by atoms with van der Waals surface area (Å²) >= 11 is 0. The van der Waals surface area contributed by atoms with Crippen LogP contribution in [0.15, 0.2) is 42.7 Å². The Bertz CT molecular complexity index is 623. The maximum Gasteiger partial charge on any atom is 0.125 e. The highest BCUT2D eigenvalue weighted by molar-refractivity contribution is 5.28. The first-order valence-electron chi connectivity index (χ1n) is 8.39. The standard InChI is InChI=1S/C19H23N3/c1-13-20-10-14(11-21-13)12-22-19-17-9-5-8-16(17)18(19)15-6-3-2-4-7-15/h2-4,6-7,10-11,16-19,22H,5,8-9,12H2,1H3/t16-,17+,18+,19+/m0/s1. The largest absolute Gasteiger partial charge is 0.309 e. The smallest absolute Gasteiger partial charge is 0.125 e. The fraction of sp³-hybridized carbons (Fsp3) is 0.474. The molecule has 2 aliphatic rings. The number of nitrogens with zero attached hydrogens (tertiary/aromatic N) is 2. The first-order chi connectivity index (χ1) is 10.8. The zero-order valence-corrected chi connectivity index (χ0v) is 13.1. The number of rotatable bonds is 4. The number of aromatic nitrogens is 2. The van der Waals surface area contributed by atoms with Gasteiger partial charge in [-0.25, -0.2) is 9.97 Å². The van der Waals surface area contributed by atoms with Crippen LogP contribution in [0.1, 0.15) is 42.1 Å². The molecule has 2 saturated carbocycles. The number of nitrogens with one attached hydrogen (secondary N) is 1. The van der Waals surface area contributed by atoms with E-state index in [1.54, 1.807) is 0 Å². The molecule has 114 valence electrons. The topological polar surface area (TPSA) is 37.8 Å². The van der Waals surface area contributed by atoms with Crippen LogP contribution in [-0.2, 0) is 6.54 Å². The minimum Gasteiger partial charge on any atom is -0.309 e. The molecule has 0 aliphatic heterocycles. The summed E-state index contributed by atoms with van der Waals surface area (Å²) < 4.78 is 0. The lowest BCUT2D eigenvalue weighted by atomic mass is 9.60. The second-order valence-corrected chi connectivity index (χ2v) is 6.74. The molecule has 0 saturated heterocycles. The summed E-state index contributed by atoms with van der Waals surface area (Å²) in [6.45, 7) is 2.80. The van der Waals surface area contributed by atoms with Gasteiger partial charge in [0, 0.05) is 36.5 Å². The van der Waals surface area contributed by atoms with E-state index in [2.05, 4.69) is 45.6 Å². The van der Waals surface area contributed by atoms with Crippen molar-refractivity contribution in [1.82, 2.24) is 15.3 Å². The van der Waals surface area contributed by atoms with Gasteiger partial charge >= 0.3 is 0 Å². The summed E-state index contributed by atoms with van der Waals surface area (Å²) in [4.78, 5) is 8.59. The zero-order chi connectivity index (χ0) is 14.9. The van der Waals surface area contributed by atoms with Gasteiger partial charge in [0.25, 0.3) is 0 Å². The van der Waals surface area contributed by atoms with E-state index in [0.717, 1.165) is 24.2 Å². The number of aryl methyl sites for hydroxylation is 1. The molecule has 0 amide bonds. The van der Waals surface area contributed by atoms with Crippen LogP contribution in [0.5, 0.6) is 0 Å². The summed E-state index contributed by atoms with van der Waals surface area (Å²) in [5.74, 6) is 3.26. The first kappa shape index (κ1) is 13.9. The normalized spacial score (nSPS) is 29.9. The van der Waals surface area contributed by atoms with Crippen molar-refractivity contribution in [2.75, 3.05) is 0 Å². The zero-order valence-electron chi connectivity index (χ0n) is 13.1. The van der Waals surface area contributed by atoms with E-state index in [9.17, 15) is 0 Å². The number of fused-ring (bicyclic) bond motifs is 1. The van der Waals surface area contributed by atoms with E-state index in [0.29, 0.717) is 12.0 Å². The van der Waals surface area contributed by atoms with Gasteiger partial charge in [-0.1, -0.05) is 36.8 Å². The summed E-state index contributed by atoms with van der Waals surface area (Å²) in [5.41, 5.74) is 2.68. The second kappa shape index (κ2) is 5.81. The molecule has 0 radical (unpaired) electrons. The summed E-state index contributed by atoms with van der Waals surface area (Å²) in [6, 6.07) is 11.6. The van der Waals surface area contributed by atoms with Gasteiger partial charge in [-0.3, -0.25) is 0 Å². The molecule has 1 aromatic carbocycles. The predicted molar refractivity (Wildman–Crippen MR) is 87.4 cm³/mol. The quantitative estimate of drug-likeness (QED) is 0.938. The van der Waals surface area contributed by atoms with Crippen molar-refractivity contribution in [3.05, 3.63) is 59.7 Å². The lowest BCUT2D eigenvalue weighted by Crippen LogP contribution is -2.54. The Morgan fingerprint density at radius 1 is 1.05 bits per heavy atom. The molecule has 2 aromatic rings. The lowest BCUT2D eigenvalue weighted by molar-refractivity contribution is 0.0940. The maximum absolute atomic E-state index is 4.29. The van der Waals surface area contributed by atoms with Crippen LogP contribution < -0.4 is 5.32 Å². The van der Waals surface area contributed by atoms with Gasteiger partial charge in [0.05, 0.1) is 0 Å². The van der Waals surface area contributed by atoms with Crippen LogP contribution >= 0.6 is 0 Å². The Balaban J connectivity index is 1.48. The fourth-order valence-electron chi connectivity index (χ4n) is 4.45. The molecule has 1 aromatic heterocycles. The Morgan fingerprint density at radius 2 is 1.77 bits per heavy atom. The van der Waals surface area contributed by atoms with E-state index in [4.69, 9.17) is 0 Å². The van der Waals surface area contributed by atoms with Gasteiger partial charge in [0.15, 0.2) is 0 Å². The van der Waals surface area contributed by atoms with Crippen molar-refractivity contribution >= 4 is 0 Å². The van der Waals surface area contributed by atoms with Gasteiger partial charge in [-0.15, -0.1) is 0 Å². The highest BCUT2D eigenvalue weighted by atomic mass is 15.0. The summed E-state index contributed by atoms with van der Waals surface area (Å²) in [5, 5.41) is 3.79. The van der Waals surface area contributed by atoms with Crippen LogP contribution in [0.4, 0.5) is 0 Å². The van der Waals surface area contributed by atoms with Crippen molar-refractivity contribution in [3.63, 3.8) is 0 Å². The molecule has 0 unspecified atom stereocenters. The molecule has 1 heterocycles. The Kier molecular flexibility index (Phi) is 3.67. The van der Waals surface area contributed by atoms with E-state index >= 15 is 0 Å². The molecular formula is C19H23N3. The predicted octanol–water partition coefficient (Wildman–Crippen LogP) is 3.46. The first-order valence-corrected chi connectivity index (χ1v) is 8.39.